The highest BCUT2D eigenvalue weighted by atomic mass is 35.5. The molecule has 1 aliphatic heterocycles. The molecule has 3 rings (SSSR count). The maximum atomic E-state index is 6.03. The van der Waals surface area contributed by atoms with E-state index in [1.807, 2.05) is 18.2 Å². The van der Waals surface area contributed by atoms with Gasteiger partial charge in [-0.1, -0.05) is 25.4 Å². The molecule has 3 unspecified atom stereocenters. The number of benzene rings is 1. The largest absolute Gasteiger partial charge is 0.488 e. The summed E-state index contributed by atoms with van der Waals surface area (Å²) in [4.78, 5) is 0. The number of ether oxygens (including phenoxy) is 1. The van der Waals surface area contributed by atoms with Gasteiger partial charge >= 0.3 is 0 Å². The van der Waals surface area contributed by atoms with E-state index in [9.17, 15) is 0 Å². The lowest BCUT2D eigenvalue weighted by Crippen LogP contribution is -2.41. The first-order valence-electron chi connectivity index (χ1n) is 7.78. The number of nitrogens with one attached hydrogen (secondary N) is 1. The summed E-state index contributed by atoms with van der Waals surface area (Å²) in [5, 5.41) is 4.52. The molecule has 0 aromatic heterocycles. The molecule has 0 radical (unpaired) electrons. The number of hydrogen-bond acceptors (Lipinski definition) is 2. The number of fused-ring (bicyclic) bond motifs is 1. The van der Waals surface area contributed by atoms with Crippen LogP contribution in [0.2, 0.25) is 5.02 Å². The van der Waals surface area contributed by atoms with E-state index in [4.69, 9.17) is 16.3 Å². The van der Waals surface area contributed by atoms with Gasteiger partial charge < -0.3 is 10.1 Å². The van der Waals surface area contributed by atoms with Gasteiger partial charge in [-0.2, -0.15) is 0 Å². The molecule has 2 nitrogen and oxygen atoms in total. The third kappa shape index (κ3) is 3.29. The molecule has 1 heterocycles. The SMILES string of the molecule is CC1CC(C)CC(NCC2Cc3cc(Cl)ccc3O2)C1. The summed E-state index contributed by atoms with van der Waals surface area (Å²) in [5.74, 6) is 2.69. The van der Waals surface area contributed by atoms with E-state index in [2.05, 4.69) is 19.2 Å². The molecule has 0 bridgehead atoms. The Morgan fingerprint density at radius 1 is 1.20 bits per heavy atom. The van der Waals surface area contributed by atoms with Crippen molar-refractivity contribution in [2.45, 2.75) is 51.7 Å². The Labute approximate surface area is 126 Å². The first-order chi connectivity index (χ1) is 9.60. The van der Waals surface area contributed by atoms with Gasteiger partial charge in [0.05, 0.1) is 0 Å². The van der Waals surface area contributed by atoms with Gasteiger partial charge in [-0.15, -0.1) is 0 Å². The van der Waals surface area contributed by atoms with E-state index in [1.54, 1.807) is 0 Å². The van der Waals surface area contributed by atoms with Crippen molar-refractivity contribution in [3.8, 4) is 5.75 Å². The molecule has 0 spiro atoms. The van der Waals surface area contributed by atoms with E-state index in [0.29, 0.717) is 6.04 Å². The van der Waals surface area contributed by atoms with Crippen LogP contribution in [0.25, 0.3) is 0 Å². The lowest BCUT2D eigenvalue weighted by Gasteiger charge is -2.32. The first kappa shape index (κ1) is 14.2. The van der Waals surface area contributed by atoms with Crippen LogP contribution in [0.15, 0.2) is 18.2 Å². The maximum absolute atomic E-state index is 6.03. The molecule has 1 aliphatic carbocycles. The minimum absolute atomic E-state index is 0.260. The van der Waals surface area contributed by atoms with Crippen molar-refractivity contribution >= 4 is 11.6 Å². The second kappa shape index (κ2) is 5.95. The predicted molar refractivity (Wildman–Crippen MR) is 83.5 cm³/mol. The molecule has 2 aliphatic rings. The van der Waals surface area contributed by atoms with Crippen molar-refractivity contribution in [3.05, 3.63) is 28.8 Å². The Morgan fingerprint density at radius 3 is 2.70 bits per heavy atom. The molecular weight excluding hydrogens is 270 g/mol. The molecule has 20 heavy (non-hydrogen) atoms. The van der Waals surface area contributed by atoms with E-state index >= 15 is 0 Å². The first-order valence-corrected chi connectivity index (χ1v) is 8.16. The minimum Gasteiger partial charge on any atom is -0.488 e. The van der Waals surface area contributed by atoms with Crippen LogP contribution in [0, 0.1) is 11.8 Å². The summed E-state index contributed by atoms with van der Waals surface area (Å²) < 4.78 is 5.99. The van der Waals surface area contributed by atoms with Crippen LogP contribution in [0.4, 0.5) is 0 Å². The fourth-order valence-electron chi connectivity index (χ4n) is 3.81. The van der Waals surface area contributed by atoms with Crippen LogP contribution in [0.3, 0.4) is 0 Å². The smallest absolute Gasteiger partial charge is 0.123 e. The van der Waals surface area contributed by atoms with Gasteiger partial charge in [-0.3, -0.25) is 0 Å². The molecule has 0 amide bonds. The van der Waals surface area contributed by atoms with E-state index < -0.39 is 0 Å². The summed E-state index contributed by atoms with van der Waals surface area (Å²) in [6.45, 7) is 5.68. The number of hydrogen-bond donors (Lipinski definition) is 1. The lowest BCUT2D eigenvalue weighted by molar-refractivity contribution is 0.191. The highest BCUT2D eigenvalue weighted by Crippen LogP contribution is 2.32. The molecule has 1 aromatic rings. The zero-order chi connectivity index (χ0) is 14.1. The van der Waals surface area contributed by atoms with E-state index in [0.717, 1.165) is 35.6 Å². The Balaban J connectivity index is 1.51. The average molecular weight is 294 g/mol. The van der Waals surface area contributed by atoms with E-state index in [-0.39, 0.29) is 6.10 Å². The fraction of sp³-hybridized carbons (Fsp3) is 0.647. The normalized spacial score (nSPS) is 32.8. The van der Waals surface area contributed by atoms with Gasteiger partial charge in [0.1, 0.15) is 11.9 Å². The van der Waals surface area contributed by atoms with Crippen molar-refractivity contribution in [2.75, 3.05) is 6.54 Å². The second-order valence-electron chi connectivity index (χ2n) is 6.72. The summed E-state index contributed by atoms with van der Waals surface area (Å²) in [6, 6.07) is 6.58. The van der Waals surface area contributed by atoms with Crippen LogP contribution < -0.4 is 10.1 Å². The van der Waals surface area contributed by atoms with Crippen LogP contribution in [0.5, 0.6) is 5.75 Å². The van der Waals surface area contributed by atoms with Crippen LogP contribution in [0.1, 0.15) is 38.7 Å². The lowest BCUT2D eigenvalue weighted by atomic mass is 9.80. The van der Waals surface area contributed by atoms with Gasteiger partial charge in [-0.25, -0.2) is 0 Å². The topological polar surface area (TPSA) is 21.3 Å². The fourth-order valence-corrected chi connectivity index (χ4v) is 4.01. The monoisotopic (exact) mass is 293 g/mol. The highest BCUT2D eigenvalue weighted by Gasteiger charge is 2.27. The van der Waals surface area contributed by atoms with Crippen molar-refractivity contribution < 1.29 is 4.74 Å². The van der Waals surface area contributed by atoms with Gasteiger partial charge in [0.25, 0.3) is 0 Å². The Bertz CT molecular complexity index is 466. The summed E-state index contributed by atoms with van der Waals surface area (Å²) in [6.07, 6.45) is 5.21. The Hall–Kier alpha value is -0.730. The molecule has 1 saturated carbocycles. The third-order valence-electron chi connectivity index (χ3n) is 4.58. The predicted octanol–water partition coefficient (Wildman–Crippen LogP) is 4.06. The zero-order valence-corrected chi connectivity index (χ0v) is 13.1. The summed E-state index contributed by atoms with van der Waals surface area (Å²) in [7, 11) is 0. The summed E-state index contributed by atoms with van der Waals surface area (Å²) in [5.41, 5.74) is 1.25. The molecule has 0 saturated heterocycles. The quantitative estimate of drug-likeness (QED) is 0.907. The summed E-state index contributed by atoms with van der Waals surface area (Å²) >= 11 is 6.03. The number of halogens is 1. The standard InChI is InChI=1S/C17H24ClNO/c1-11-5-12(2)7-15(6-11)19-10-16-9-13-8-14(18)3-4-17(13)20-16/h3-4,8,11-12,15-16,19H,5-7,9-10H2,1-2H3. The zero-order valence-electron chi connectivity index (χ0n) is 12.4. The Kier molecular flexibility index (Phi) is 4.23. The van der Waals surface area contributed by atoms with E-state index in [1.165, 1.54) is 24.8 Å². The minimum atomic E-state index is 0.260. The van der Waals surface area contributed by atoms with Crippen molar-refractivity contribution in [2.24, 2.45) is 11.8 Å². The van der Waals surface area contributed by atoms with Crippen molar-refractivity contribution in [1.29, 1.82) is 0 Å². The van der Waals surface area contributed by atoms with Crippen molar-refractivity contribution in [3.63, 3.8) is 0 Å². The molecule has 3 atom stereocenters. The number of rotatable bonds is 3. The molecular formula is C17H24ClNO. The third-order valence-corrected chi connectivity index (χ3v) is 4.81. The van der Waals surface area contributed by atoms with Crippen LogP contribution in [-0.2, 0) is 6.42 Å². The maximum Gasteiger partial charge on any atom is 0.123 e. The molecule has 1 N–H and O–H groups in total. The molecule has 110 valence electrons. The Morgan fingerprint density at radius 2 is 1.95 bits per heavy atom. The van der Waals surface area contributed by atoms with Gasteiger partial charge in [0.15, 0.2) is 0 Å². The molecule has 1 fully saturated rings. The second-order valence-corrected chi connectivity index (χ2v) is 7.16. The van der Waals surface area contributed by atoms with Gasteiger partial charge in [-0.05, 0) is 54.9 Å². The van der Waals surface area contributed by atoms with Crippen molar-refractivity contribution in [1.82, 2.24) is 5.32 Å². The van der Waals surface area contributed by atoms with Crippen LogP contribution in [-0.4, -0.2) is 18.7 Å². The van der Waals surface area contributed by atoms with Gasteiger partial charge in [0.2, 0.25) is 0 Å². The van der Waals surface area contributed by atoms with Crippen LogP contribution >= 0.6 is 11.6 Å². The molecule has 1 aromatic carbocycles. The highest BCUT2D eigenvalue weighted by molar-refractivity contribution is 6.30. The van der Waals surface area contributed by atoms with Gasteiger partial charge in [0, 0.05) is 24.0 Å². The average Bonchev–Trinajstić information content (AvgIpc) is 2.77. The molecule has 3 heteroatoms.